The smallest absolute Gasteiger partial charge is 0.322 e. The topological polar surface area (TPSA) is 101 Å². The lowest BCUT2D eigenvalue weighted by atomic mass is 10.0. The van der Waals surface area contributed by atoms with Crippen LogP contribution in [0.5, 0.6) is 0 Å². The van der Waals surface area contributed by atoms with E-state index in [2.05, 4.69) is 4.74 Å². The number of sulfonamides is 1. The van der Waals surface area contributed by atoms with Crippen molar-refractivity contribution in [3.8, 4) is 0 Å². The third-order valence-electron chi connectivity index (χ3n) is 3.06. The van der Waals surface area contributed by atoms with Gasteiger partial charge >= 0.3 is 11.9 Å². The second-order valence-electron chi connectivity index (χ2n) is 4.30. The van der Waals surface area contributed by atoms with E-state index in [1.165, 1.54) is 7.11 Å². The lowest BCUT2D eigenvalue weighted by Gasteiger charge is -2.22. The first-order valence-corrected chi connectivity index (χ1v) is 7.19. The normalized spacial score (nSPS) is 25.0. The molecule has 1 saturated heterocycles. The Kier molecular flexibility index (Phi) is 4.69. The summed E-state index contributed by atoms with van der Waals surface area (Å²) >= 11 is 0. The van der Waals surface area contributed by atoms with Crippen LogP contribution in [0.3, 0.4) is 0 Å². The Morgan fingerprint density at radius 3 is 2.56 bits per heavy atom. The van der Waals surface area contributed by atoms with Crippen molar-refractivity contribution in [3.63, 3.8) is 0 Å². The number of methoxy groups -OCH3 is 1. The number of esters is 1. The minimum absolute atomic E-state index is 0.182. The van der Waals surface area contributed by atoms with E-state index >= 15 is 0 Å². The van der Waals surface area contributed by atoms with Crippen LogP contribution in [0.15, 0.2) is 0 Å². The summed E-state index contributed by atoms with van der Waals surface area (Å²) in [6.45, 7) is 1.89. The predicted octanol–water partition coefficient (Wildman–Crippen LogP) is -0.326. The van der Waals surface area contributed by atoms with Gasteiger partial charge in [-0.05, 0) is 12.3 Å². The second kappa shape index (κ2) is 5.66. The first-order valence-electron chi connectivity index (χ1n) is 5.58. The average Bonchev–Trinajstić information content (AvgIpc) is 2.68. The van der Waals surface area contributed by atoms with Gasteiger partial charge in [-0.1, -0.05) is 6.92 Å². The molecule has 8 heteroatoms. The standard InChI is InChI=1S/C10H17NO6S/c1-7-3-5-11(9(7)10(13)14)18(15,16)6-4-8(12)17-2/h7,9H,3-6H2,1-2H3,(H,13,14). The highest BCUT2D eigenvalue weighted by molar-refractivity contribution is 7.89. The van der Waals surface area contributed by atoms with Gasteiger partial charge in [0.05, 0.1) is 19.3 Å². The number of carbonyl (C=O) groups is 2. The zero-order valence-electron chi connectivity index (χ0n) is 10.3. The predicted molar refractivity (Wildman–Crippen MR) is 62.3 cm³/mol. The maximum absolute atomic E-state index is 12.0. The van der Waals surface area contributed by atoms with Crippen LogP contribution in [-0.2, 0) is 24.3 Å². The van der Waals surface area contributed by atoms with Crippen molar-refractivity contribution in [2.45, 2.75) is 25.8 Å². The summed E-state index contributed by atoms with van der Waals surface area (Å²) in [5.74, 6) is -2.43. The molecule has 0 aromatic heterocycles. The number of carbonyl (C=O) groups excluding carboxylic acids is 1. The molecule has 1 aliphatic heterocycles. The van der Waals surface area contributed by atoms with E-state index < -0.39 is 33.8 Å². The molecular formula is C10H17NO6S. The van der Waals surface area contributed by atoms with Gasteiger partial charge in [0.25, 0.3) is 0 Å². The fraction of sp³-hybridized carbons (Fsp3) is 0.800. The summed E-state index contributed by atoms with van der Waals surface area (Å²) in [6, 6.07) is -1.03. The van der Waals surface area contributed by atoms with Gasteiger partial charge in [-0.15, -0.1) is 0 Å². The molecule has 0 radical (unpaired) electrons. The highest BCUT2D eigenvalue weighted by atomic mass is 32.2. The quantitative estimate of drug-likeness (QED) is 0.692. The number of aliphatic carboxylic acids is 1. The maximum Gasteiger partial charge on any atom is 0.322 e. The fourth-order valence-corrected chi connectivity index (χ4v) is 3.71. The third-order valence-corrected chi connectivity index (χ3v) is 4.90. The number of hydrogen-bond donors (Lipinski definition) is 1. The Balaban J connectivity index is 2.78. The first kappa shape index (κ1) is 14.9. The minimum atomic E-state index is -3.74. The first-order chi connectivity index (χ1) is 8.29. The number of rotatable bonds is 5. The summed E-state index contributed by atoms with van der Waals surface area (Å²) in [6.07, 6.45) is 0.241. The molecule has 0 aliphatic carbocycles. The molecule has 2 atom stereocenters. The van der Waals surface area contributed by atoms with E-state index in [9.17, 15) is 18.0 Å². The van der Waals surface area contributed by atoms with Crippen molar-refractivity contribution in [2.24, 2.45) is 5.92 Å². The van der Waals surface area contributed by atoms with Gasteiger partial charge in [0, 0.05) is 6.54 Å². The molecule has 18 heavy (non-hydrogen) atoms. The highest BCUT2D eigenvalue weighted by Gasteiger charge is 2.43. The fourth-order valence-electron chi connectivity index (χ4n) is 2.02. The van der Waals surface area contributed by atoms with Crippen LogP contribution in [0.4, 0.5) is 0 Å². The van der Waals surface area contributed by atoms with Crippen molar-refractivity contribution in [1.82, 2.24) is 4.31 Å². The summed E-state index contributed by atoms with van der Waals surface area (Å²) in [4.78, 5) is 22.0. The molecule has 0 amide bonds. The van der Waals surface area contributed by atoms with E-state index in [1.807, 2.05) is 0 Å². The second-order valence-corrected chi connectivity index (χ2v) is 6.34. The van der Waals surface area contributed by atoms with Gasteiger partial charge in [-0.3, -0.25) is 9.59 Å². The van der Waals surface area contributed by atoms with Crippen molar-refractivity contribution in [3.05, 3.63) is 0 Å². The Morgan fingerprint density at radius 2 is 2.06 bits per heavy atom. The molecule has 0 saturated carbocycles. The van der Waals surface area contributed by atoms with Gasteiger partial charge in [-0.25, -0.2) is 8.42 Å². The van der Waals surface area contributed by atoms with Crippen LogP contribution in [0.2, 0.25) is 0 Å². The van der Waals surface area contributed by atoms with Crippen LogP contribution in [0.1, 0.15) is 19.8 Å². The Hall–Kier alpha value is -1.15. The summed E-state index contributed by atoms with van der Waals surface area (Å²) in [7, 11) is -2.57. The Labute approximate surface area is 106 Å². The SMILES string of the molecule is COC(=O)CCS(=O)(=O)N1CCC(C)C1C(=O)O. The molecule has 2 unspecified atom stereocenters. The van der Waals surface area contributed by atoms with Crippen molar-refractivity contribution in [1.29, 1.82) is 0 Å². The molecule has 1 heterocycles. The van der Waals surface area contributed by atoms with Gasteiger partial charge in [0.1, 0.15) is 6.04 Å². The molecule has 0 aromatic rings. The summed E-state index contributed by atoms with van der Waals surface area (Å²) in [5, 5.41) is 9.04. The Morgan fingerprint density at radius 1 is 1.44 bits per heavy atom. The zero-order valence-corrected chi connectivity index (χ0v) is 11.1. The van der Waals surface area contributed by atoms with Crippen LogP contribution >= 0.6 is 0 Å². The maximum atomic E-state index is 12.0. The molecular weight excluding hydrogens is 262 g/mol. The molecule has 0 aromatic carbocycles. The van der Waals surface area contributed by atoms with E-state index in [0.717, 1.165) is 4.31 Å². The monoisotopic (exact) mass is 279 g/mol. The van der Waals surface area contributed by atoms with Gasteiger partial charge in [0.15, 0.2) is 0 Å². The molecule has 104 valence electrons. The largest absolute Gasteiger partial charge is 0.480 e. The van der Waals surface area contributed by atoms with E-state index in [-0.39, 0.29) is 18.9 Å². The van der Waals surface area contributed by atoms with Crippen LogP contribution in [0, 0.1) is 5.92 Å². The van der Waals surface area contributed by atoms with E-state index in [0.29, 0.717) is 6.42 Å². The summed E-state index contributed by atoms with van der Waals surface area (Å²) < 4.78 is 29.3. The van der Waals surface area contributed by atoms with E-state index in [4.69, 9.17) is 5.11 Å². The molecule has 1 N–H and O–H groups in total. The molecule has 0 spiro atoms. The number of carboxylic acids is 1. The molecule has 1 aliphatic rings. The van der Waals surface area contributed by atoms with Crippen LogP contribution < -0.4 is 0 Å². The number of hydrogen-bond acceptors (Lipinski definition) is 5. The number of carboxylic acid groups (broad SMARTS) is 1. The highest BCUT2D eigenvalue weighted by Crippen LogP contribution is 2.27. The molecule has 1 rings (SSSR count). The Bertz CT molecular complexity index is 432. The van der Waals surface area contributed by atoms with Crippen molar-refractivity contribution < 1.29 is 27.9 Å². The van der Waals surface area contributed by atoms with Gasteiger partial charge in [-0.2, -0.15) is 4.31 Å². The molecule has 0 bridgehead atoms. The van der Waals surface area contributed by atoms with Crippen molar-refractivity contribution >= 4 is 22.0 Å². The molecule has 7 nitrogen and oxygen atoms in total. The molecule has 1 fully saturated rings. The lowest BCUT2D eigenvalue weighted by Crippen LogP contribution is -2.43. The van der Waals surface area contributed by atoms with Gasteiger partial charge < -0.3 is 9.84 Å². The number of nitrogens with zero attached hydrogens (tertiary/aromatic N) is 1. The van der Waals surface area contributed by atoms with Crippen LogP contribution in [0.25, 0.3) is 0 Å². The van der Waals surface area contributed by atoms with E-state index in [1.54, 1.807) is 6.92 Å². The average molecular weight is 279 g/mol. The summed E-state index contributed by atoms with van der Waals surface area (Å²) in [5.41, 5.74) is 0. The number of ether oxygens (including phenoxy) is 1. The lowest BCUT2D eigenvalue weighted by molar-refractivity contribution is -0.141. The van der Waals surface area contributed by atoms with Gasteiger partial charge in [0.2, 0.25) is 10.0 Å². The van der Waals surface area contributed by atoms with Crippen LogP contribution in [-0.4, -0.2) is 55.2 Å². The van der Waals surface area contributed by atoms with Crippen molar-refractivity contribution in [2.75, 3.05) is 19.4 Å². The minimum Gasteiger partial charge on any atom is -0.480 e. The zero-order chi connectivity index (χ0) is 13.9. The third kappa shape index (κ3) is 3.20.